The van der Waals surface area contributed by atoms with Crippen molar-refractivity contribution in [3.8, 4) is 5.69 Å². The van der Waals surface area contributed by atoms with Gasteiger partial charge < -0.3 is 0 Å². The van der Waals surface area contributed by atoms with Crippen LogP contribution >= 0.6 is 0 Å². The predicted octanol–water partition coefficient (Wildman–Crippen LogP) is 1.39. The smallest absolute Gasteiger partial charge is 0.247 e. The highest BCUT2D eigenvalue weighted by molar-refractivity contribution is 5.36. The Kier molecular flexibility index (Phi) is 5.63. The van der Waals surface area contributed by atoms with Crippen LogP contribution in [0.15, 0.2) is 70.0 Å². The lowest BCUT2D eigenvalue weighted by Crippen LogP contribution is -2.54. The van der Waals surface area contributed by atoms with Crippen LogP contribution in [0.3, 0.4) is 0 Å². The molecule has 8 heteroatoms. The Morgan fingerprint density at radius 1 is 0.862 bits per heavy atom. The van der Waals surface area contributed by atoms with Crippen LogP contribution in [0.5, 0.6) is 0 Å². The first kappa shape index (κ1) is 20.1. The van der Waals surface area contributed by atoms with E-state index in [0.29, 0.717) is 0 Å². The van der Waals surface area contributed by atoms with E-state index in [4.69, 9.17) is 0 Å². The summed E-state index contributed by atoms with van der Waals surface area (Å²) in [5, 5.41) is 4.45. The van der Waals surface area contributed by atoms with Crippen LogP contribution in [0.25, 0.3) is 5.69 Å². The van der Waals surface area contributed by atoms with Crippen molar-refractivity contribution in [3.63, 3.8) is 0 Å². The van der Waals surface area contributed by atoms with Gasteiger partial charge in [0.15, 0.2) is 0 Å². The number of rotatable bonds is 7. The van der Waals surface area contributed by atoms with E-state index in [0.717, 1.165) is 36.3 Å². The largest absolute Gasteiger partial charge is 0.336 e. The summed E-state index contributed by atoms with van der Waals surface area (Å²) < 4.78 is 4.85. The molecule has 2 heterocycles. The Bertz CT molecular complexity index is 1190. The fourth-order valence-electron chi connectivity index (χ4n) is 3.20. The standard InChI is InChI=1S/C21H23N5O3/c1-5-11-23-19(27)24(12-6-2)21(29)25(20(23)28)14-17-7-9-18(10-8-17)26-16(4)13-15(3)22-26/h5-10,13H,1-2,11-12,14H2,3-4H3. The molecule has 0 saturated heterocycles. The Morgan fingerprint density at radius 2 is 1.38 bits per heavy atom. The van der Waals surface area contributed by atoms with Crippen molar-refractivity contribution < 1.29 is 0 Å². The SMILES string of the molecule is C=CCn1c(=O)n(CC=C)c(=O)n(Cc2ccc(-n3nc(C)cc3C)cc2)c1=O. The molecule has 3 aromatic rings. The normalized spacial score (nSPS) is 10.8. The minimum atomic E-state index is -0.670. The third-order valence-corrected chi connectivity index (χ3v) is 4.54. The van der Waals surface area contributed by atoms with Crippen LogP contribution in [0, 0.1) is 13.8 Å². The fraction of sp³-hybridized carbons (Fsp3) is 0.238. The predicted molar refractivity (Wildman–Crippen MR) is 112 cm³/mol. The van der Waals surface area contributed by atoms with E-state index in [2.05, 4.69) is 18.3 Å². The van der Waals surface area contributed by atoms with Crippen molar-refractivity contribution in [2.24, 2.45) is 0 Å². The molecule has 150 valence electrons. The topological polar surface area (TPSA) is 83.8 Å². The molecule has 29 heavy (non-hydrogen) atoms. The van der Waals surface area contributed by atoms with Gasteiger partial charge in [-0.15, -0.1) is 13.2 Å². The maximum Gasteiger partial charge on any atom is 0.336 e. The second-order valence-electron chi connectivity index (χ2n) is 6.74. The quantitative estimate of drug-likeness (QED) is 0.568. The molecule has 0 aliphatic heterocycles. The van der Waals surface area contributed by atoms with Crippen molar-refractivity contribution in [2.75, 3.05) is 0 Å². The molecular formula is C21H23N5O3. The van der Waals surface area contributed by atoms with Crippen LogP contribution < -0.4 is 17.1 Å². The molecule has 0 N–H and O–H groups in total. The van der Waals surface area contributed by atoms with Crippen molar-refractivity contribution >= 4 is 0 Å². The summed E-state index contributed by atoms with van der Waals surface area (Å²) in [6, 6.07) is 9.40. The summed E-state index contributed by atoms with van der Waals surface area (Å²) in [6.45, 7) is 11.1. The summed E-state index contributed by atoms with van der Waals surface area (Å²) >= 11 is 0. The van der Waals surface area contributed by atoms with Gasteiger partial charge in [-0.05, 0) is 37.6 Å². The van der Waals surface area contributed by atoms with Gasteiger partial charge in [-0.2, -0.15) is 5.10 Å². The lowest BCUT2D eigenvalue weighted by atomic mass is 10.2. The van der Waals surface area contributed by atoms with Gasteiger partial charge >= 0.3 is 17.1 Å². The van der Waals surface area contributed by atoms with E-state index in [1.165, 1.54) is 12.2 Å². The second-order valence-corrected chi connectivity index (χ2v) is 6.74. The van der Waals surface area contributed by atoms with Gasteiger partial charge in [-0.1, -0.05) is 24.3 Å². The molecule has 0 spiro atoms. The van der Waals surface area contributed by atoms with Gasteiger partial charge in [0.25, 0.3) is 0 Å². The third kappa shape index (κ3) is 3.82. The molecule has 0 bridgehead atoms. The maximum atomic E-state index is 12.7. The van der Waals surface area contributed by atoms with Crippen molar-refractivity contribution in [3.05, 3.63) is 104 Å². The number of hydrogen-bond donors (Lipinski definition) is 0. The molecule has 0 aliphatic carbocycles. The lowest BCUT2D eigenvalue weighted by Gasteiger charge is -2.12. The van der Waals surface area contributed by atoms with Crippen LogP contribution in [0.4, 0.5) is 0 Å². The first-order chi connectivity index (χ1) is 13.9. The number of aromatic nitrogens is 5. The third-order valence-electron chi connectivity index (χ3n) is 4.54. The monoisotopic (exact) mass is 393 g/mol. The molecule has 0 atom stereocenters. The Hall–Kier alpha value is -3.68. The zero-order valence-corrected chi connectivity index (χ0v) is 16.5. The summed E-state index contributed by atoms with van der Waals surface area (Å²) in [5.41, 5.74) is 1.57. The maximum absolute atomic E-state index is 12.7. The first-order valence-corrected chi connectivity index (χ1v) is 9.16. The van der Waals surface area contributed by atoms with Gasteiger partial charge in [-0.3, -0.25) is 0 Å². The van der Waals surface area contributed by atoms with Crippen molar-refractivity contribution in [1.82, 2.24) is 23.5 Å². The summed E-state index contributed by atoms with van der Waals surface area (Å²) in [6.07, 6.45) is 2.89. The molecule has 0 fully saturated rings. The van der Waals surface area contributed by atoms with Gasteiger partial charge in [-0.25, -0.2) is 32.8 Å². The van der Waals surface area contributed by atoms with Gasteiger partial charge in [0.1, 0.15) is 0 Å². The number of nitrogens with zero attached hydrogens (tertiary/aromatic N) is 5. The minimum Gasteiger partial charge on any atom is -0.247 e. The molecule has 0 radical (unpaired) electrons. The van der Waals surface area contributed by atoms with E-state index in [9.17, 15) is 14.4 Å². The van der Waals surface area contributed by atoms with E-state index >= 15 is 0 Å². The van der Waals surface area contributed by atoms with Gasteiger partial charge in [0.2, 0.25) is 0 Å². The van der Waals surface area contributed by atoms with E-state index in [1.807, 2.05) is 48.9 Å². The Balaban J connectivity index is 2.03. The zero-order valence-electron chi connectivity index (χ0n) is 16.5. The van der Waals surface area contributed by atoms with E-state index < -0.39 is 17.1 Å². The molecule has 8 nitrogen and oxygen atoms in total. The highest BCUT2D eigenvalue weighted by atomic mass is 16.2. The fourth-order valence-corrected chi connectivity index (χ4v) is 3.20. The molecule has 0 aliphatic rings. The van der Waals surface area contributed by atoms with Crippen LogP contribution in [0.2, 0.25) is 0 Å². The molecule has 0 unspecified atom stereocenters. The van der Waals surface area contributed by atoms with E-state index in [-0.39, 0.29) is 19.6 Å². The highest BCUT2D eigenvalue weighted by Gasteiger charge is 2.14. The average Bonchev–Trinajstić information content (AvgIpc) is 3.04. The molecule has 2 aromatic heterocycles. The second kappa shape index (κ2) is 8.14. The number of allylic oxidation sites excluding steroid dienone is 2. The zero-order chi connectivity index (χ0) is 21.1. The van der Waals surface area contributed by atoms with Crippen LogP contribution in [-0.4, -0.2) is 23.5 Å². The van der Waals surface area contributed by atoms with E-state index in [1.54, 1.807) is 0 Å². The number of aryl methyl sites for hydroxylation is 2. The highest BCUT2D eigenvalue weighted by Crippen LogP contribution is 2.13. The van der Waals surface area contributed by atoms with Crippen molar-refractivity contribution in [2.45, 2.75) is 33.5 Å². The first-order valence-electron chi connectivity index (χ1n) is 9.16. The Labute approximate surface area is 167 Å². The summed E-state index contributed by atoms with van der Waals surface area (Å²) in [4.78, 5) is 37.9. The van der Waals surface area contributed by atoms with Crippen LogP contribution in [-0.2, 0) is 19.6 Å². The summed E-state index contributed by atoms with van der Waals surface area (Å²) in [5.74, 6) is 0. The molecule has 1 aromatic carbocycles. The summed E-state index contributed by atoms with van der Waals surface area (Å²) in [7, 11) is 0. The average molecular weight is 393 g/mol. The minimum absolute atomic E-state index is 0.0198. The molecular weight excluding hydrogens is 370 g/mol. The molecule has 0 saturated carbocycles. The molecule has 0 amide bonds. The lowest BCUT2D eigenvalue weighted by molar-refractivity contribution is 0.498. The number of hydrogen-bond acceptors (Lipinski definition) is 4. The van der Waals surface area contributed by atoms with Gasteiger partial charge in [0, 0.05) is 5.69 Å². The van der Waals surface area contributed by atoms with Gasteiger partial charge in [0.05, 0.1) is 31.0 Å². The van der Waals surface area contributed by atoms with Crippen molar-refractivity contribution in [1.29, 1.82) is 0 Å². The molecule has 3 rings (SSSR count). The number of benzene rings is 1. The Morgan fingerprint density at radius 3 is 1.83 bits per heavy atom. The van der Waals surface area contributed by atoms with Crippen LogP contribution in [0.1, 0.15) is 17.0 Å².